The second kappa shape index (κ2) is 3.34. The maximum atomic E-state index is 5.84. The van der Waals surface area contributed by atoms with Gasteiger partial charge in [-0.1, -0.05) is 0 Å². The van der Waals surface area contributed by atoms with Crippen molar-refractivity contribution in [3.05, 3.63) is 24.0 Å². The lowest BCUT2D eigenvalue weighted by Crippen LogP contribution is -2.26. The first-order valence-corrected chi connectivity index (χ1v) is 4.68. The monoisotopic (exact) mass is 177 g/mol. The molecule has 1 aromatic rings. The number of hydrogen-bond acceptors (Lipinski definition) is 3. The van der Waals surface area contributed by atoms with Crippen LogP contribution in [0.3, 0.4) is 0 Å². The van der Waals surface area contributed by atoms with Crippen LogP contribution in [-0.2, 0) is 0 Å². The zero-order valence-corrected chi connectivity index (χ0v) is 7.90. The van der Waals surface area contributed by atoms with E-state index >= 15 is 0 Å². The second-order valence-electron chi connectivity index (χ2n) is 3.72. The van der Waals surface area contributed by atoms with Crippen LogP contribution >= 0.6 is 0 Å². The van der Waals surface area contributed by atoms with E-state index in [0.717, 1.165) is 19.5 Å². The predicted molar refractivity (Wildman–Crippen MR) is 53.8 cm³/mol. The molecule has 0 aliphatic carbocycles. The van der Waals surface area contributed by atoms with Crippen molar-refractivity contribution in [2.75, 3.05) is 18.0 Å². The van der Waals surface area contributed by atoms with Crippen LogP contribution in [0.5, 0.6) is 0 Å². The average Bonchev–Trinajstić information content (AvgIpc) is 2.52. The Morgan fingerprint density at radius 2 is 2.38 bits per heavy atom. The molecule has 1 fully saturated rings. The van der Waals surface area contributed by atoms with Crippen molar-refractivity contribution in [3.8, 4) is 0 Å². The van der Waals surface area contributed by atoms with Gasteiger partial charge in [-0.3, -0.25) is 4.98 Å². The van der Waals surface area contributed by atoms with E-state index in [2.05, 4.69) is 22.9 Å². The Kier molecular flexibility index (Phi) is 2.19. The van der Waals surface area contributed by atoms with Crippen molar-refractivity contribution in [2.24, 2.45) is 5.73 Å². The summed E-state index contributed by atoms with van der Waals surface area (Å²) in [5.41, 5.74) is 8.25. The van der Waals surface area contributed by atoms with E-state index in [1.165, 1.54) is 11.3 Å². The molecule has 2 heterocycles. The topological polar surface area (TPSA) is 42.2 Å². The van der Waals surface area contributed by atoms with E-state index in [1.54, 1.807) is 0 Å². The quantitative estimate of drug-likeness (QED) is 0.693. The number of anilines is 1. The molecule has 70 valence electrons. The summed E-state index contributed by atoms with van der Waals surface area (Å²) in [5.74, 6) is 0. The Hall–Kier alpha value is -1.09. The maximum absolute atomic E-state index is 5.84. The fourth-order valence-corrected chi connectivity index (χ4v) is 1.73. The average molecular weight is 177 g/mol. The van der Waals surface area contributed by atoms with Gasteiger partial charge >= 0.3 is 0 Å². The first-order chi connectivity index (χ1) is 6.25. The van der Waals surface area contributed by atoms with Gasteiger partial charge in [-0.15, -0.1) is 0 Å². The van der Waals surface area contributed by atoms with Crippen LogP contribution in [0.25, 0.3) is 0 Å². The molecule has 13 heavy (non-hydrogen) atoms. The highest BCUT2D eigenvalue weighted by Gasteiger charge is 2.19. The van der Waals surface area contributed by atoms with Crippen LogP contribution in [0, 0.1) is 6.92 Å². The number of aromatic nitrogens is 1. The summed E-state index contributed by atoms with van der Waals surface area (Å²) in [5, 5.41) is 0. The molecule has 0 spiro atoms. The lowest BCUT2D eigenvalue weighted by molar-refractivity contribution is 0.752. The molecule has 0 bridgehead atoms. The van der Waals surface area contributed by atoms with Gasteiger partial charge < -0.3 is 10.6 Å². The minimum Gasteiger partial charge on any atom is -0.369 e. The van der Waals surface area contributed by atoms with Crippen LogP contribution in [0.15, 0.2) is 18.5 Å². The molecule has 0 aromatic carbocycles. The lowest BCUT2D eigenvalue weighted by atomic mass is 10.3. The van der Waals surface area contributed by atoms with Gasteiger partial charge in [0.15, 0.2) is 0 Å². The van der Waals surface area contributed by atoms with Crippen LogP contribution in [0.4, 0.5) is 5.69 Å². The first-order valence-electron chi connectivity index (χ1n) is 4.68. The summed E-state index contributed by atoms with van der Waals surface area (Å²) in [4.78, 5) is 6.47. The first kappa shape index (κ1) is 8.51. The van der Waals surface area contributed by atoms with Crippen molar-refractivity contribution in [3.63, 3.8) is 0 Å². The molecule has 3 nitrogen and oxygen atoms in total. The van der Waals surface area contributed by atoms with Gasteiger partial charge in [-0.2, -0.15) is 0 Å². The second-order valence-corrected chi connectivity index (χ2v) is 3.72. The van der Waals surface area contributed by atoms with Gasteiger partial charge in [0.1, 0.15) is 0 Å². The van der Waals surface area contributed by atoms with Crippen LogP contribution in [0.1, 0.15) is 12.0 Å². The van der Waals surface area contributed by atoms with Gasteiger partial charge in [-0.05, 0) is 25.0 Å². The largest absolute Gasteiger partial charge is 0.369 e. The summed E-state index contributed by atoms with van der Waals surface area (Å²) in [6.45, 7) is 4.09. The van der Waals surface area contributed by atoms with Crippen LogP contribution in [0.2, 0.25) is 0 Å². The number of hydrogen-bond donors (Lipinski definition) is 1. The lowest BCUT2D eigenvalue weighted by Gasteiger charge is -2.17. The minimum absolute atomic E-state index is 0.334. The third kappa shape index (κ3) is 1.80. The number of nitrogens with two attached hydrogens (primary N) is 1. The molecule has 0 radical (unpaired) electrons. The SMILES string of the molecule is Cc1cncc(N2CC[C@@H](N)C2)c1. The molecule has 3 heteroatoms. The molecular weight excluding hydrogens is 162 g/mol. The molecule has 1 aliphatic rings. The molecule has 0 amide bonds. The molecule has 1 aliphatic heterocycles. The van der Waals surface area contributed by atoms with Gasteiger partial charge in [0.25, 0.3) is 0 Å². The summed E-state index contributed by atoms with van der Waals surface area (Å²) >= 11 is 0. The van der Waals surface area contributed by atoms with E-state index in [0.29, 0.717) is 6.04 Å². The Labute approximate surface area is 78.6 Å². The Balaban J connectivity index is 2.16. The van der Waals surface area contributed by atoms with E-state index in [1.807, 2.05) is 12.4 Å². The van der Waals surface area contributed by atoms with Crippen molar-refractivity contribution in [2.45, 2.75) is 19.4 Å². The number of nitrogens with zero attached hydrogens (tertiary/aromatic N) is 2. The standard InChI is InChI=1S/C10H15N3/c1-8-4-10(6-12-5-8)13-3-2-9(11)7-13/h4-6,9H,2-3,7,11H2,1H3/t9-/m1/s1. The van der Waals surface area contributed by atoms with E-state index < -0.39 is 0 Å². The molecule has 2 N–H and O–H groups in total. The number of pyridine rings is 1. The number of aryl methyl sites for hydroxylation is 1. The van der Waals surface area contributed by atoms with E-state index in [4.69, 9.17) is 5.73 Å². The van der Waals surface area contributed by atoms with Crippen molar-refractivity contribution < 1.29 is 0 Å². The molecule has 2 rings (SSSR count). The summed E-state index contributed by atoms with van der Waals surface area (Å²) in [7, 11) is 0. The van der Waals surface area contributed by atoms with E-state index in [-0.39, 0.29) is 0 Å². The van der Waals surface area contributed by atoms with Crippen molar-refractivity contribution in [1.29, 1.82) is 0 Å². The fraction of sp³-hybridized carbons (Fsp3) is 0.500. The summed E-state index contributed by atoms with van der Waals surface area (Å²) < 4.78 is 0. The molecule has 0 saturated carbocycles. The highest BCUT2D eigenvalue weighted by Crippen LogP contribution is 2.19. The molecule has 1 saturated heterocycles. The van der Waals surface area contributed by atoms with Gasteiger partial charge in [0.2, 0.25) is 0 Å². The number of rotatable bonds is 1. The molecule has 0 unspecified atom stereocenters. The fourth-order valence-electron chi connectivity index (χ4n) is 1.73. The van der Waals surface area contributed by atoms with Crippen LogP contribution < -0.4 is 10.6 Å². The zero-order chi connectivity index (χ0) is 9.26. The van der Waals surface area contributed by atoms with Gasteiger partial charge in [-0.25, -0.2) is 0 Å². The highest BCUT2D eigenvalue weighted by atomic mass is 15.2. The molecular formula is C10H15N3. The van der Waals surface area contributed by atoms with Crippen molar-refractivity contribution in [1.82, 2.24) is 4.98 Å². The Morgan fingerprint density at radius 1 is 1.54 bits per heavy atom. The third-order valence-electron chi connectivity index (χ3n) is 2.45. The smallest absolute Gasteiger partial charge is 0.0555 e. The van der Waals surface area contributed by atoms with Gasteiger partial charge in [0.05, 0.1) is 11.9 Å². The zero-order valence-electron chi connectivity index (χ0n) is 7.90. The predicted octanol–water partition coefficient (Wildman–Crippen LogP) is 0.927. The molecule has 1 aromatic heterocycles. The third-order valence-corrected chi connectivity index (χ3v) is 2.45. The van der Waals surface area contributed by atoms with Crippen molar-refractivity contribution >= 4 is 5.69 Å². The van der Waals surface area contributed by atoms with Gasteiger partial charge in [0, 0.05) is 25.3 Å². The van der Waals surface area contributed by atoms with Crippen LogP contribution in [-0.4, -0.2) is 24.1 Å². The maximum Gasteiger partial charge on any atom is 0.0555 e. The summed E-state index contributed by atoms with van der Waals surface area (Å²) in [6, 6.07) is 2.49. The Bertz CT molecular complexity index is 298. The molecule has 1 atom stereocenters. The Morgan fingerprint density at radius 3 is 3.00 bits per heavy atom. The van der Waals surface area contributed by atoms with E-state index in [9.17, 15) is 0 Å². The highest BCUT2D eigenvalue weighted by molar-refractivity contribution is 5.47. The summed E-state index contributed by atoms with van der Waals surface area (Å²) in [6.07, 6.45) is 4.87. The minimum atomic E-state index is 0.334. The normalized spacial score (nSPS) is 22.3.